The summed E-state index contributed by atoms with van der Waals surface area (Å²) in [7, 11) is 2.08. The van der Waals surface area contributed by atoms with E-state index >= 15 is 0 Å². The van der Waals surface area contributed by atoms with Crippen LogP contribution in [-0.4, -0.2) is 83.8 Å². The quantitative estimate of drug-likeness (QED) is 0.141. The predicted octanol–water partition coefficient (Wildman–Crippen LogP) is 0.533. The SMILES string of the molecule is CCCC(NC(=O)C1CCCCNC(=O)CCCC(=O)NC(C2CCCCC2)C(=O)N1)C(O)C(=O)NCC(=O)NC(C(=O)NP)c1ccccc1. The number of hydrogen-bond acceptors (Lipinski definition) is 8. The molecule has 1 heterocycles. The molecule has 51 heavy (non-hydrogen) atoms. The highest BCUT2D eigenvalue weighted by Crippen LogP contribution is 2.27. The van der Waals surface area contributed by atoms with E-state index in [0.29, 0.717) is 37.8 Å². The minimum atomic E-state index is -1.73. The summed E-state index contributed by atoms with van der Waals surface area (Å²) in [4.78, 5) is 90.7. The molecule has 1 saturated heterocycles. The van der Waals surface area contributed by atoms with E-state index in [1.807, 2.05) is 6.92 Å². The maximum atomic E-state index is 13.7. The van der Waals surface area contributed by atoms with Gasteiger partial charge in [-0.25, -0.2) is 0 Å². The van der Waals surface area contributed by atoms with Gasteiger partial charge in [-0.05, 0) is 65.8 Å². The summed E-state index contributed by atoms with van der Waals surface area (Å²) in [6.45, 7) is 1.65. The fourth-order valence-corrected chi connectivity index (χ4v) is 6.61. The molecule has 7 amide bonds. The fourth-order valence-electron chi connectivity index (χ4n) is 6.44. The Hall–Kier alpha value is -4.10. The molecular weight excluding hydrogens is 677 g/mol. The fraction of sp³-hybridized carbons (Fsp3) is 0.629. The average Bonchev–Trinajstić information content (AvgIpc) is 3.14. The standard InChI is InChI=1S/C35H54N7O8P/c1-2-12-24(31(46)35(50)37-21-28(45)41-30(34(49)42-51)23-15-7-4-8-16-23)38-32(47)25-17-9-10-20-36-26(43)18-11-19-27(44)40-29(33(48)39-25)22-13-5-3-6-14-22/h4,7-8,15-16,22,24-25,29-31,46H,2-3,5-6,9-14,17-21,51H2,1H3,(H,36,43)(H,37,50)(H,38,47)(H,39,48)(H,40,44)(H,41,45)(H,42,49). The van der Waals surface area contributed by atoms with Crippen LogP contribution in [0, 0.1) is 5.92 Å². The van der Waals surface area contributed by atoms with Crippen LogP contribution in [0.25, 0.3) is 0 Å². The maximum absolute atomic E-state index is 13.7. The Morgan fingerprint density at radius 1 is 0.863 bits per heavy atom. The summed E-state index contributed by atoms with van der Waals surface area (Å²) in [5.74, 6) is -3.76. The molecule has 6 unspecified atom stereocenters. The highest BCUT2D eigenvalue weighted by molar-refractivity contribution is 7.15. The normalized spacial score (nSPS) is 21.5. The van der Waals surface area contributed by atoms with Gasteiger partial charge in [-0.1, -0.05) is 62.9 Å². The Morgan fingerprint density at radius 2 is 1.55 bits per heavy atom. The van der Waals surface area contributed by atoms with Crippen LogP contribution < -0.4 is 37.0 Å². The largest absolute Gasteiger partial charge is 0.381 e. The summed E-state index contributed by atoms with van der Waals surface area (Å²) in [6, 6.07) is 4.58. The zero-order valence-electron chi connectivity index (χ0n) is 29.3. The number of aliphatic hydroxyl groups excluding tert-OH is 1. The molecule has 0 spiro atoms. The van der Waals surface area contributed by atoms with Crippen LogP contribution in [0.1, 0.15) is 102 Å². The van der Waals surface area contributed by atoms with Crippen molar-refractivity contribution in [1.82, 2.24) is 37.0 Å². The molecule has 0 radical (unpaired) electrons. The highest BCUT2D eigenvalue weighted by Gasteiger charge is 2.35. The molecule has 1 saturated carbocycles. The first-order valence-corrected chi connectivity index (χ1v) is 18.6. The molecule has 2 fully saturated rings. The number of amides is 7. The van der Waals surface area contributed by atoms with Crippen molar-refractivity contribution in [3.63, 3.8) is 0 Å². The van der Waals surface area contributed by atoms with Gasteiger partial charge in [0.05, 0.1) is 12.6 Å². The minimum absolute atomic E-state index is 0.0922. The van der Waals surface area contributed by atoms with Crippen LogP contribution in [0.15, 0.2) is 30.3 Å². The van der Waals surface area contributed by atoms with E-state index in [2.05, 4.69) is 46.4 Å². The van der Waals surface area contributed by atoms with Crippen molar-refractivity contribution in [2.45, 2.75) is 121 Å². The highest BCUT2D eigenvalue weighted by atomic mass is 31.0. The smallest absolute Gasteiger partial charge is 0.251 e. The van der Waals surface area contributed by atoms with Gasteiger partial charge in [-0.3, -0.25) is 33.6 Å². The third-order valence-electron chi connectivity index (χ3n) is 9.25. The summed E-state index contributed by atoms with van der Waals surface area (Å²) >= 11 is 0. The lowest BCUT2D eigenvalue weighted by atomic mass is 9.83. The molecule has 1 aliphatic heterocycles. The molecule has 16 heteroatoms. The lowest BCUT2D eigenvalue weighted by molar-refractivity contribution is -0.136. The van der Waals surface area contributed by atoms with E-state index < -0.39 is 66.4 Å². The second-order valence-corrected chi connectivity index (χ2v) is 13.5. The molecule has 8 N–H and O–H groups in total. The van der Waals surface area contributed by atoms with E-state index in [1.54, 1.807) is 30.3 Å². The molecule has 0 aromatic heterocycles. The van der Waals surface area contributed by atoms with E-state index in [1.165, 1.54) is 0 Å². The van der Waals surface area contributed by atoms with Crippen molar-refractivity contribution >= 4 is 50.7 Å². The lowest BCUT2D eigenvalue weighted by Crippen LogP contribution is -2.59. The first-order valence-electron chi connectivity index (χ1n) is 18.0. The Kier molecular flexibility index (Phi) is 17.8. The second-order valence-electron chi connectivity index (χ2n) is 13.2. The summed E-state index contributed by atoms with van der Waals surface area (Å²) in [6.07, 6.45) is 5.26. The topological polar surface area (TPSA) is 224 Å². The maximum Gasteiger partial charge on any atom is 0.251 e. The lowest BCUT2D eigenvalue weighted by Gasteiger charge is -2.32. The van der Waals surface area contributed by atoms with E-state index in [4.69, 9.17) is 0 Å². The van der Waals surface area contributed by atoms with Gasteiger partial charge in [0.25, 0.3) is 5.91 Å². The number of rotatable bonds is 12. The minimum Gasteiger partial charge on any atom is -0.381 e. The van der Waals surface area contributed by atoms with Gasteiger partial charge in [0.15, 0.2) is 6.10 Å². The number of nitrogens with one attached hydrogen (secondary N) is 7. The van der Waals surface area contributed by atoms with E-state index in [0.717, 1.165) is 32.1 Å². The van der Waals surface area contributed by atoms with Crippen molar-refractivity contribution < 1.29 is 38.7 Å². The third-order valence-corrected chi connectivity index (χ3v) is 9.53. The molecule has 2 aliphatic rings. The summed E-state index contributed by atoms with van der Waals surface area (Å²) in [5, 5.41) is 29.6. The third kappa shape index (κ3) is 13.9. The van der Waals surface area contributed by atoms with Crippen molar-refractivity contribution in [2.24, 2.45) is 5.92 Å². The molecule has 6 atom stereocenters. The van der Waals surface area contributed by atoms with Crippen molar-refractivity contribution in [2.75, 3.05) is 13.1 Å². The molecule has 15 nitrogen and oxygen atoms in total. The van der Waals surface area contributed by atoms with Crippen LogP contribution in [0.2, 0.25) is 0 Å². The number of carbonyl (C=O) groups excluding carboxylic acids is 7. The van der Waals surface area contributed by atoms with Gasteiger partial charge in [-0.2, -0.15) is 0 Å². The van der Waals surface area contributed by atoms with Crippen LogP contribution in [-0.2, 0) is 33.6 Å². The van der Waals surface area contributed by atoms with Gasteiger partial charge in [0, 0.05) is 19.4 Å². The first-order chi connectivity index (χ1) is 24.5. The second kappa shape index (κ2) is 22.0. The van der Waals surface area contributed by atoms with Gasteiger partial charge >= 0.3 is 0 Å². The van der Waals surface area contributed by atoms with Gasteiger partial charge in [-0.15, -0.1) is 0 Å². The van der Waals surface area contributed by atoms with Crippen LogP contribution >= 0.6 is 9.39 Å². The van der Waals surface area contributed by atoms with Crippen LogP contribution in [0.3, 0.4) is 0 Å². The van der Waals surface area contributed by atoms with E-state index in [-0.39, 0.29) is 43.4 Å². The zero-order chi connectivity index (χ0) is 37.2. The first kappa shape index (κ1) is 41.3. The van der Waals surface area contributed by atoms with Crippen molar-refractivity contribution in [3.8, 4) is 0 Å². The van der Waals surface area contributed by atoms with Crippen LogP contribution in [0.4, 0.5) is 0 Å². The Labute approximate surface area is 301 Å². The monoisotopic (exact) mass is 731 g/mol. The van der Waals surface area contributed by atoms with Gasteiger partial charge < -0.3 is 42.1 Å². The van der Waals surface area contributed by atoms with Gasteiger partial charge in [0.2, 0.25) is 35.4 Å². The molecule has 1 aliphatic carbocycles. The number of hydrogen-bond donors (Lipinski definition) is 8. The molecular formula is C35H54N7O8P. The summed E-state index contributed by atoms with van der Waals surface area (Å²) in [5.41, 5.74) is 0.528. The molecule has 1 aromatic rings. The Balaban J connectivity index is 1.69. The number of benzene rings is 1. The average molecular weight is 732 g/mol. The van der Waals surface area contributed by atoms with Crippen molar-refractivity contribution in [1.29, 1.82) is 0 Å². The predicted molar refractivity (Wildman–Crippen MR) is 192 cm³/mol. The molecule has 1 aromatic carbocycles. The number of aliphatic hydroxyl groups is 1. The molecule has 3 rings (SSSR count). The summed E-state index contributed by atoms with van der Waals surface area (Å²) < 4.78 is 0. The van der Waals surface area contributed by atoms with Crippen LogP contribution in [0.5, 0.6) is 0 Å². The van der Waals surface area contributed by atoms with E-state index in [9.17, 15) is 38.7 Å². The van der Waals surface area contributed by atoms with Gasteiger partial charge in [0.1, 0.15) is 18.1 Å². The molecule has 282 valence electrons. The van der Waals surface area contributed by atoms with Crippen molar-refractivity contribution in [3.05, 3.63) is 35.9 Å². The Bertz CT molecular complexity index is 1340. The number of carbonyl (C=O) groups is 7. The molecule has 0 bridgehead atoms. The Morgan fingerprint density at radius 3 is 2.24 bits per heavy atom. The zero-order valence-corrected chi connectivity index (χ0v) is 30.5.